The molecule has 0 radical (unpaired) electrons. The third-order valence-electron chi connectivity index (χ3n) is 2.03. The highest BCUT2D eigenvalue weighted by atomic mass is 79.9. The Kier molecular flexibility index (Phi) is 4.22. The van der Waals surface area contributed by atoms with E-state index in [-0.39, 0.29) is 5.75 Å². The Labute approximate surface area is 92.0 Å². The summed E-state index contributed by atoms with van der Waals surface area (Å²) in [7, 11) is 1.57. The molecular weight excluding hydrogens is 246 g/mol. The van der Waals surface area contributed by atoms with Crippen LogP contribution in [0.25, 0.3) is 0 Å². The zero-order valence-electron chi connectivity index (χ0n) is 8.09. The second-order valence-corrected chi connectivity index (χ2v) is 3.77. The van der Waals surface area contributed by atoms with Crippen LogP contribution < -0.4 is 10.5 Å². The van der Waals surface area contributed by atoms with Crippen LogP contribution in [0.4, 0.5) is 0 Å². The van der Waals surface area contributed by atoms with Gasteiger partial charge in [0.2, 0.25) is 0 Å². The fraction of sp³-hybridized carbons (Fsp3) is 0.400. The van der Waals surface area contributed by atoms with Crippen molar-refractivity contribution in [3.05, 3.63) is 22.2 Å². The first-order chi connectivity index (χ1) is 6.70. The van der Waals surface area contributed by atoms with E-state index in [2.05, 4.69) is 15.9 Å². The van der Waals surface area contributed by atoms with Gasteiger partial charge in [0.25, 0.3) is 0 Å². The van der Waals surface area contributed by atoms with Crippen LogP contribution in [0.15, 0.2) is 16.6 Å². The predicted octanol–water partition coefficient (Wildman–Crippen LogP) is 2.05. The van der Waals surface area contributed by atoms with E-state index < -0.39 is 0 Å². The Morgan fingerprint density at radius 2 is 2.21 bits per heavy atom. The second kappa shape index (κ2) is 5.22. The molecule has 0 spiro atoms. The maximum Gasteiger partial charge on any atom is 0.136 e. The number of hydrogen-bond acceptors (Lipinski definition) is 3. The highest BCUT2D eigenvalue weighted by Crippen LogP contribution is 2.36. The Balaban J connectivity index is 2.92. The molecule has 0 saturated carbocycles. The van der Waals surface area contributed by atoms with Gasteiger partial charge in [0.05, 0.1) is 7.11 Å². The Bertz CT molecular complexity index is 315. The molecule has 0 amide bonds. The molecule has 0 aliphatic carbocycles. The van der Waals surface area contributed by atoms with Crippen LogP contribution in [0.3, 0.4) is 0 Å². The van der Waals surface area contributed by atoms with Gasteiger partial charge >= 0.3 is 0 Å². The predicted molar refractivity (Wildman–Crippen MR) is 59.7 cm³/mol. The number of rotatable bonds is 4. The van der Waals surface area contributed by atoms with Gasteiger partial charge in [-0.25, -0.2) is 0 Å². The van der Waals surface area contributed by atoms with Crippen molar-refractivity contribution in [3.63, 3.8) is 0 Å². The van der Waals surface area contributed by atoms with E-state index >= 15 is 0 Å². The van der Waals surface area contributed by atoms with Crippen molar-refractivity contribution in [3.8, 4) is 11.5 Å². The summed E-state index contributed by atoms with van der Waals surface area (Å²) in [5.41, 5.74) is 6.29. The minimum absolute atomic E-state index is 0.248. The zero-order chi connectivity index (χ0) is 10.6. The van der Waals surface area contributed by atoms with Gasteiger partial charge in [-0.2, -0.15) is 0 Å². The molecule has 1 rings (SSSR count). The Morgan fingerprint density at radius 3 is 2.79 bits per heavy atom. The topological polar surface area (TPSA) is 55.5 Å². The van der Waals surface area contributed by atoms with E-state index in [9.17, 15) is 5.11 Å². The molecule has 0 aliphatic rings. The summed E-state index contributed by atoms with van der Waals surface area (Å²) in [5.74, 6) is 0.886. The number of methoxy groups -OCH3 is 1. The Hall–Kier alpha value is -0.740. The van der Waals surface area contributed by atoms with Gasteiger partial charge in [-0.3, -0.25) is 0 Å². The van der Waals surface area contributed by atoms with Crippen molar-refractivity contribution in [2.75, 3.05) is 13.7 Å². The molecule has 0 atom stereocenters. The van der Waals surface area contributed by atoms with Crippen LogP contribution in [0.1, 0.15) is 12.0 Å². The van der Waals surface area contributed by atoms with Crippen LogP contribution >= 0.6 is 15.9 Å². The van der Waals surface area contributed by atoms with Crippen molar-refractivity contribution in [1.29, 1.82) is 0 Å². The average molecular weight is 260 g/mol. The number of halogens is 1. The molecule has 0 unspecified atom stereocenters. The number of hydrogen-bond donors (Lipinski definition) is 2. The summed E-state index contributed by atoms with van der Waals surface area (Å²) in [4.78, 5) is 0. The summed E-state index contributed by atoms with van der Waals surface area (Å²) < 4.78 is 5.66. The molecule has 3 nitrogen and oxygen atoms in total. The SMILES string of the molecule is COc1ccc(CCCN)c(O)c1Br. The first-order valence-electron chi connectivity index (χ1n) is 4.45. The van der Waals surface area contributed by atoms with Gasteiger partial charge < -0.3 is 15.6 Å². The van der Waals surface area contributed by atoms with Crippen LogP contribution in [0, 0.1) is 0 Å². The lowest BCUT2D eigenvalue weighted by atomic mass is 10.1. The van der Waals surface area contributed by atoms with E-state index in [4.69, 9.17) is 10.5 Å². The second-order valence-electron chi connectivity index (χ2n) is 2.98. The molecule has 4 heteroatoms. The van der Waals surface area contributed by atoms with E-state index in [1.807, 2.05) is 12.1 Å². The van der Waals surface area contributed by atoms with Crippen LogP contribution in [0.2, 0.25) is 0 Å². The summed E-state index contributed by atoms with van der Waals surface area (Å²) in [6.45, 7) is 0.628. The number of aryl methyl sites for hydroxylation is 1. The molecule has 1 aromatic rings. The van der Waals surface area contributed by atoms with Gasteiger partial charge in [-0.05, 0) is 46.9 Å². The van der Waals surface area contributed by atoms with Crippen LogP contribution in [0.5, 0.6) is 11.5 Å². The number of aromatic hydroxyl groups is 1. The van der Waals surface area contributed by atoms with E-state index in [1.54, 1.807) is 7.11 Å². The van der Waals surface area contributed by atoms with E-state index in [0.29, 0.717) is 16.8 Å². The third kappa shape index (κ3) is 2.39. The van der Waals surface area contributed by atoms with Gasteiger partial charge in [-0.1, -0.05) is 6.07 Å². The zero-order valence-corrected chi connectivity index (χ0v) is 9.67. The maximum absolute atomic E-state index is 9.77. The van der Waals surface area contributed by atoms with Gasteiger partial charge in [0.15, 0.2) is 0 Å². The monoisotopic (exact) mass is 259 g/mol. The smallest absolute Gasteiger partial charge is 0.136 e. The van der Waals surface area contributed by atoms with Crippen LogP contribution in [-0.2, 0) is 6.42 Å². The number of ether oxygens (including phenoxy) is 1. The lowest BCUT2D eigenvalue weighted by Crippen LogP contribution is -2.00. The number of benzene rings is 1. The number of phenols is 1. The molecule has 14 heavy (non-hydrogen) atoms. The summed E-state index contributed by atoms with van der Waals surface area (Å²) in [6, 6.07) is 3.68. The van der Waals surface area contributed by atoms with Gasteiger partial charge in [-0.15, -0.1) is 0 Å². The van der Waals surface area contributed by atoms with Crippen molar-refractivity contribution >= 4 is 15.9 Å². The molecular formula is C10H14BrNO2. The first-order valence-corrected chi connectivity index (χ1v) is 5.24. The van der Waals surface area contributed by atoms with Crippen molar-refractivity contribution in [2.24, 2.45) is 5.73 Å². The molecule has 0 aromatic heterocycles. The molecule has 0 fully saturated rings. The summed E-state index contributed by atoms with van der Waals surface area (Å²) in [5, 5.41) is 9.77. The van der Waals surface area contributed by atoms with Gasteiger partial charge in [0.1, 0.15) is 16.0 Å². The molecule has 0 aliphatic heterocycles. The van der Waals surface area contributed by atoms with E-state index in [1.165, 1.54) is 0 Å². The largest absolute Gasteiger partial charge is 0.506 e. The molecule has 3 N–H and O–H groups in total. The fourth-order valence-corrected chi connectivity index (χ4v) is 1.79. The molecule has 78 valence electrons. The van der Waals surface area contributed by atoms with Crippen molar-refractivity contribution < 1.29 is 9.84 Å². The standard InChI is InChI=1S/C10H14BrNO2/c1-14-8-5-4-7(3-2-6-12)10(13)9(8)11/h4-5,13H,2-3,6,12H2,1H3. The summed E-state index contributed by atoms with van der Waals surface area (Å²) >= 11 is 3.28. The molecule has 0 saturated heterocycles. The van der Waals surface area contributed by atoms with Crippen molar-refractivity contribution in [2.45, 2.75) is 12.8 Å². The highest BCUT2D eigenvalue weighted by molar-refractivity contribution is 9.10. The fourth-order valence-electron chi connectivity index (χ4n) is 1.24. The lowest BCUT2D eigenvalue weighted by molar-refractivity contribution is 0.402. The first kappa shape index (κ1) is 11.3. The lowest BCUT2D eigenvalue weighted by Gasteiger charge is -2.09. The quantitative estimate of drug-likeness (QED) is 0.871. The summed E-state index contributed by atoms with van der Waals surface area (Å²) in [6.07, 6.45) is 1.65. The van der Waals surface area contributed by atoms with Crippen LogP contribution in [-0.4, -0.2) is 18.8 Å². The molecule has 1 aromatic carbocycles. The van der Waals surface area contributed by atoms with Gasteiger partial charge in [0, 0.05) is 0 Å². The average Bonchev–Trinajstić information content (AvgIpc) is 2.20. The normalized spacial score (nSPS) is 10.2. The molecule has 0 heterocycles. The number of phenolic OH excluding ortho intramolecular Hbond substituents is 1. The van der Waals surface area contributed by atoms with E-state index in [0.717, 1.165) is 18.4 Å². The minimum atomic E-state index is 0.248. The van der Waals surface area contributed by atoms with Crippen molar-refractivity contribution in [1.82, 2.24) is 0 Å². The third-order valence-corrected chi connectivity index (χ3v) is 2.80. The minimum Gasteiger partial charge on any atom is -0.506 e. The maximum atomic E-state index is 9.77. The number of nitrogens with two attached hydrogens (primary N) is 1. The Morgan fingerprint density at radius 1 is 1.50 bits per heavy atom. The highest BCUT2D eigenvalue weighted by Gasteiger charge is 2.09. The molecule has 0 bridgehead atoms.